The molecule has 0 saturated heterocycles. The number of hydrogen-bond acceptors (Lipinski definition) is 6. The highest BCUT2D eigenvalue weighted by Gasteiger charge is 2.23. The van der Waals surface area contributed by atoms with Gasteiger partial charge in [0.1, 0.15) is 15.6 Å². The average Bonchev–Trinajstić information content (AvgIpc) is 3.19. The third-order valence-corrected chi connectivity index (χ3v) is 8.45. The number of carbonyl (C=O) groups is 1. The van der Waals surface area contributed by atoms with Gasteiger partial charge in [0.25, 0.3) is 5.91 Å². The highest BCUT2D eigenvalue weighted by Crippen LogP contribution is 2.29. The number of nitrogens with zero attached hydrogens (tertiary/aromatic N) is 2. The van der Waals surface area contributed by atoms with Gasteiger partial charge in [-0.15, -0.1) is 11.3 Å². The van der Waals surface area contributed by atoms with Crippen molar-refractivity contribution >= 4 is 27.3 Å². The topological polar surface area (TPSA) is 88.6 Å². The molecule has 1 aromatic heterocycles. The van der Waals surface area contributed by atoms with E-state index in [1.807, 2.05) is 52.0 Å². The number of carbonyl (C=O) groups excluding carboxylic acids is 1. The fraction of sp³-hybridized carbons (Fsp3) is 0.333. The predicted molar refractivity (Wildman–Crippen MR) is 131 cm³/mol. The summed E-state index contributed by atoms with van der Waals surface area (Å²) in [5, 5.41) is 3.67. The van der Waals surface area contributed by atoms with Crippen LogP contribution in [0.15, 0.2) is 53.4 Å². The molecule has 1 amide bonds. The van der Waals surface area contributed by atoms with Crippen molar-refractivity contribution in [2.45, 2.75) is 45.2 Å². The van der Waals surface area contributed by atoms with Gasteiger partial charge in [0.05, 0.1) is 17.2 Å². The first-order valence-corrected chi connectivity index (χ1v) is 12.9. The maximum absolute atomic E-state index is 12.7. The van der Waals surface area contributed by atoms with Gasteiger partial charge >= 0.3 is 0 Å². The minimum absolute atomic E-state index is 0.135. The summed E-state index contributed by atoms with van der Waals surface area (Å²) in [4.78, 5) is 18.1. The van der Waals surface area contributed by atoms with E-state index in [-0.39, 0.29) is 23.4 Å². The zero-order chi connectivity index (χ0) is 24.2. The molecule has 0 aliphatic carbocycles. The predicted octanol–water partition coefficient (Wildman–Crippen LogP) is 4.48. The lowest BCUT2D eigenvalue weighted by molar-refractivity contribution is 0.0954. The molecular formula is C24H29N3O4S2. The molecule has 0 atom stereocenters. The van der Waals surface area contributed by atoms with E-state index in [1.54, 1.807) is 31.3 Å². The minimum Gasteiger partial charge on any atom is -0.494 e. The van der Waals surface area contributed by atoms with E-state index in [4.69, 9.17) is 4.74 Å². The van der Waals surface area contributed by atoms with Gasteiger partial charge in [0, 0.05) is 25.2 Å². The number of amides is 1. The number of thiazole rings is 1. The SMILES string of the molecule is CCOc1ccc(-c2nc(C)c(C(=O)NCc3ccc(S(=O)(=O)N(C)C(C)C)cc3)s2)cc1. The van der Waals surface area contributed by atoms with E-state index in [0.717, 1.165) is 21.9 Å². The molecule has 7 nitrogen and oxygen atoms in total. The van der Waals surface area contributed by atoms with Crippen molar-refractivity contribution in [2.75, 3.05) is 13.7 Å². The zero-order valence-electron chi connectivity index (χ0n) is 19.5. The number of aromatic nitrogens is 1. The van der Waals surface area contributed by atoms with E-state index < -0.39 is 10.0 Å². The van der Waals surface area contributed by atoms with Crippen molar-refractivity contribution < 1.29 is 17.9 Å². The van der Waals surface area contributed by atoms with Gasteiger partial charge in [0.2, 0.25) is 10.0 Å². The molecule has 3 aromatic rings. The number of hydrogen-bond donors (Lipinski definition) is 1. The Morgan fingerprint density at radius 2 is 1.76 bits per heavy atom. The fourth-order valence-electron chi connectivity index (χ4n) is 3.08. The summed E-state index contributed by atoms with van der Waals surface area (Å²) in [6.07, 6.45) is 0. The Morgan fingerprint density at radius 1 is 1.12 bits per heavy atom. The summed E-state index contributed by atoms with van der Waals surface area (Å²) < 4.78 is 32.0. The summed E-state index contributed by atoms with van der Waals surface area (Å²) in [6, 6.07) is 14.1. The van der Waals surface area contributed by atoms with Crippen LogP contribution in [-0.4, -0.2) is 43.3 Å². The van der Waals surface area contributed by atoms with Crippen molar-refractivity contribution in [1.82, 2.24) is 14.6 Å². The van der Waals surface area contributed by atoms with Crippen LogP contribution >= 0.6 is 11.3 Å². The summed E-state index contributed by atoms with van der Waals surface area (Å²) in [5.41, 5.74) is 2.40. The van der Waals surface area contributed by atoms with Gasteiger partial charge in [-0.2, -0.15) is 4.31 Å². The lowest BCUT2D eigenvalue weighted by Gasteiger charge is -2.21. The van der Waals surface area contributed by atoms with E-state index in [2.05, 4.69) is 10.3 Å². The summed E-state index contributed by atoms with van der Waals surface area (Å²) in [6.45, 7) is 8.29. The molecule has 1 heterocycles. The Hall–Kier alpha value is -2.75. The van der Waals surface area contributed by atoms with Crippen molar-refractivity contribution in [3.05, 3.63) is 64.7 Å². The number of rotatable bonds is 9. The Morgan fingerprint density at radius 3 is 2.33 bits per heavy atom. The number of ether oxygens (including phenoxy) is 1. The number of benzene rings is 2. The van der Waals surface area contributed by atoms with Crippen LogP contribution < -0.4 is 10.1 Å². The van der Waals surface area contributed by atoms with Gasteiger partial charge in [-0.1, -0.05) is 12.1 Å². The largest absolute Gasteiger partial charge is 0.494 e. The Bertz CT molecular complexity index is 1200. The molecular weight excluding hydrogens is 458 g/mol. The maximum Gasteiger partial charge on any atom is 0.263 e. The standard InChI is InChI=1S/C24H29N3O4S2/c1-6-31-20-11-9-19(10-12-20)24-26-17(4)22(32-24)23(28)25-15-18-7-13-21(14-8-18)33(29,30)27(5)16(2)3/h7-14,16H,6,15H2,1-5H3,(H,25,28). The molecule has 0 aliphatic heterocycles. The highest BCUT2D eigenvalue weighted by molar-refractivity contribution is 7.89. The van der Waals surface area contributed by atoms with Crippen LogP contribution in [0.5, 0.6) is 5.75 Å². The molecule has 2 aromatic carbocycles. The second kappa shape index (κ2) is 10.5. The van der Waals surface area contributed by atoms with Gasteiger partial charge in [-0.3, -0.25) is 4.79 Å². The van der Waals surface area contributed by atoms with E-state index in [9.17, 15) is 13.2 Å². The third kappa shape index (κ3) is 5.79. The van der Waals surface area contributed by atoms with Crippen LogP contribution in [0.1, 0.15) is 41.7 Å². The van der Waals surface area contributed by atoms with Crippen LogP contribution in [0.25, 0.3) is 10.6 Å². The molecule has 0 spiro atoms. The van der Waals surface area contributed by atoms with E-state index in [0.29, 0.717) is 17.2 Å². The smallest absolute Gasteiger partial charge is 0.263 e. The summed E-state index contributed by atoms with van der Waals surface area (Å²) in [7, 11) is -1.97. The lowest BCUT2D eigenvalue weighted by Crippen LogP contribution is -2.33. The number of aryl methyl sites for hydroxylation is 1. The first-order valence-electron chi connectivity index (χ1n) is 10.7. The van der Waals surface area contributed by atoms with Gasteiger partial charge in [-0.25, -0.2) is 13.4 Å². The molecule has 0 unspecified atom stereocenters. The molecule has 33 heavy (non-hydrogen) atoms. The fourth-order valence-corrected chi connectivity index (χ4v) is 5.43. The van der Waals surface area contributed by atoms with E-state index in [1.165, 1.54) is 15.6 Å². The second-order valence-electron chi connectivity index (χ2n) is 7.83. The highest BCUT2D eigenvalue weighted by atomic mass is 32.2. The first-order chi connectivity index (χ1) is 15.6. The molecule has 0 radical (unpaired) electrons. The van der Waals surface area contributed by atoms with Crippen LogP contribution in [0, 0.1) is 6.92 Å². The average molecular weight is 488 g/mol. The quantitative estimate of drug-likeness (QED) is 0.481. The zero-order valence-corrected chi connectivity index (χ0v) is 21.1. The van der Waals surface area contributed by atoms with E-state index >= 15 is 0 Å². The molecule has 0 bridgehead atoms. The Labute approximate surface area is 199 Å². The summed E-state index contributed by atoms with van der Waals surface area (Å²) in [5.74, 6) is 0.584. The van der Waals surface area contributed by atoms with Crippen LogP contribution in [0.3, 0.4) is 0 Å². The van der Waals surface area contributed by atoms with Crippen LogP contribution in [-0.2, 0) is 16.6 Å². The monoisotopic (exact) mass is 487 g/mol. The van der Waals surface area contributed by atoms with Crippen molar-refractivity contribution in [3.8, 4) is 16.3 Å². The van der Waals surface area contributed by atoms with Crippen molar-refractivity contribution in [3.63, 3.8) is 0 Å². The molecule has 0 saturated carbocycles. The molecule has 1 N–H and O–H groups in total. The Balaban J connectivity index is 1.66. The molecule has 176 valence electrons. The minimum atomic E-state index is -3.53. The van der Waals surface area contributed by atoms with Gasteiger partial charge in [-0.05, 0) is 69.7 Å². The van der Waals surface area contributed by atoms with Crippen molar-refractivity contribution in [2.24, 2.45) is 0 Å². The number of nitrogens with one attached hydrogen (secondary N) is 1. The van der Waals surface area contributed by atoms with Crippen molar-refractivity contribution in [1.29, 1.82) is 0 Å². The normalized spacial score (nSPS) is 11.7. The second-order valence-corrected chi connectivity index (χ2v) is 10.8. The number of sulfonamides is 1. The summed E-state index contributed by atoms with van der Waals surface area (Å²) >= 11 is 1.34. The molecule has 3 rings (SSSR count). The van der Waals surface area contributed by atoms with Gasteiger partial charge in [0.15, 0.2) is 0 Å². The molecule has 0 fully saturated rings. The molecule has 0 aliphatic rings. The first kappa shape index (κ1) is 24.9. The maximum atomic E-state index is 12.7. The van der Waals surface area contributed by atoms with Crippen LogP contribution in [0.4, 0.5) is 0 Å². The van der Waals surface area contributed by atoms with Crippen LogP contribution in [0.2, 0.25) is 0 Å². The lowest BCUT2D eigenvalue weighted by atomic mass is 10.2. The van der Waals surface area contributed by atoms with Gasteiger partial charge < -0.3 is 10.1 Å². The molecule has 9 heteroatoms. The third-order valence-electron chi connectivity index (χ3n) is 5.20. The Kier molecular flexibility index (Phi) is 7.88.